The quantitative estimate of drug-likeness (QED) is 0.887. The lowest BCUT2D eigenvalue weighted by molar-refractivity contribution is 0.0954. The third-order valence-corrected chi connectivity index (χ3v) is 4.46. The number of carbonyl (C=O) groups excluding carboxylic acids is 1. The molecule has 122 valence electrons. The molecule has 1 aliphatic rings. The number of hydrogen-bond acceptors (Lipinski definition) is 7. The van der Waals surface area contributed by atoms with Crippen LogP contribution in [0.25, 0.3) is 0 Å². The molecule has 0 bridgehead atoms. The summed E-state index contributed by atoms with van der Waals surface area (Å²) in [6.45, 7) is 5.60. The predicted molar refractivity (Wildman–Crippen MR) is 87.7 cm³/mol. The van der Waals surface area contributed by atoms with E-state index in [9.17, 15) is 4.79 Å². The minimum atomic E-state index is -0.130. The molecule has 1 saturated heterocycles. The summed E-state index contributed by atoms with van der Waals surface area (Å²) >= 11 is 1.13. The van der Waals surface area contributed by atoms with Crippen LogP contribution in [0.1, 0.15) is 27.9 Å². The highest BCUT2D eigenvalue weighted by Gasteiger charge is 2.15. The van der Waals surface area contributed by atoms with Crippen LogP contribution in [0.3, 0.4) is 0 Å². The van der Waals surface area contributed by atoms with E-state index in [0.717, 1.165) is 54.9 Å². The van der Waals surface area contributed by atoms with Crippen molar-refractivity contribution in [3.63, 3.8) is 0 Å². The van der Waals surface area contributed by atoms with Crippen LogP contribution >= 0.6 is 11.5 Å². The van der Waals surface area contributed by atoms with Gasteiger partial charge in [-0.25, -0.2) is 4.98 Å². The Morgan fingerprint density at radius 3 is 2.91 bits per heavy atom. The van der Waals surface area contributed by atoms with Gasteiger partial charge in [0.25, 0.3) is 5.91 Å². The molecule has 1 aliphatic heterocycles. The van der Waals surface area contributed by atoms with Crippen LogP contribution in [0, 0.1) is 0 Å². The molecule has 23 heavy (non-hydrogen) atoms. The Bertz CT molecular complexity index is 652. The molecule has 2 aromatic heterocycles. The Balaban J connectivity index is 1.57. The van der Waals surface area contributed by atoms with Crippen LogP contribution < -0.4 is 10.2 Å². The van der Waals surface area contributed by atoms with Crippen LogP contribution in [-0.4, -0.2) is 46.8 Å². The van der Waals surface area contributed by atoms with E-state index in [1.165, 1.54) is 0 Å². The van der Waals surface area contributed by atoms with Crippen molar-refractivity contribution in [2.75, 3.05) is 31.2 Å². The monoisotopic (exact) mass is 333 g/mol. The molecule has 2 aromatic rings. The van der Waals surface area contributed by atoms with Gasteiger partial charge in [0.05, 0.1) is 18.9 Å². The van der Waals surface area contributed by atoms with Crippen molar-refractivity contribution in [2.24, 2.45) is 0 Å². The SMILES string of the molecule is CCc1nnsc1C(=O)NCc1ccc(N2CCOCC2)nc1. The Kier molecular flexibility index (Phi) is 5.14. The number of morpholine rings is 1. The molecular weight excluding hydrogens is 314 g/mol. The maximum absolute atomic E-state index is 12.1. The topological polar surface area (TPSA) is 80.2 Å². The predicted octanol–water partition coefficient (Wildman–Crippen LogP) is 1.26. The highest BCUT2D eigenvalue weighted by atomic mass is 32.1. The Labute approximate surface area is 138 Å². The fraction of sp³-hybridized carbons (Fsp3) is 0.467. The number of hydrogen-bond donors (Lipinski definition) is 1. The van der Waals surface area contributed by atoms with Crippen LogP contribution in [-0.2, 0) is 17.7 Å². The highest BCUT2D eigenvalue weighted by Crippen LogP contribution is 2.14. The number of aromatic nitrogens is 3. The molecule has 0 radical (unpaired) electrons. The average molecular weight is 333 g/mol. The lowest BCUT2D eigenvalue weighted by Crippen LogP contribution is -2.36. The van der Waals surface area contributed by atoms with E-state index in [1.54, 1.807) is 6.20 Å². The molecule has 3 rings (SSSR count). The van der Waals surface area contributed by atoms with Gasteiger partial charge in [-0.1, -0.05) is 17.5 Å². The second-order valence-corrected chi connectivity index (χ2v) is 5.96. The molecule has 1 N–H and O–H groups in total. The van der Waals surface area contributed by atoms with Crippen LogP contribution in [0.2, 0.25) is 0 Å². The number of anilines is 1. The minimum Gasteiger partial charge on any atom is -0.378 e. The fourth-order valence-electron chi connectivity index (χ4n) is 2.38. The Morgan fingerprint density at radius 2 is 2.22 bits per heavy atom. The number of aryl methyl sites for hydroxylation is 1. The zero-order valence-corrected chi connectivity index (χ0v) is 13.8. The molecule has 0 aromatic carbocycles. The van der Waals surface area contributed by atoms with Gasteiger partial charge in [-0.15, -0.1) is 5.10 Å². The molecule has 1 amide bonds. The van der Waals surface area contributed by atoms with Gasteiger partial charge in [0.15, 0.2) is 0 Å². The number of amides is 1. The molecule has 0 unspecified atom stereocenters. The molecular formula is C15H19N5O2S. The van der Waals surface area contributed by atoms with Crippen molar-refractivity contribution in [1.82, 2.24) is 19.9 Å². The average Bonchev–Trinajstić information content (AvgIpc) is 3.10. The Morgan fingerprint density at radius 1 is 1.39 bits per heavy atom. The highest BCUT2D eigenvalue weighted by molar-refractivity contribution is 7.08. The van der Waals surface area contributed by atoms with Crippen molar-refractivity contribution in [3.05, 3.63) is 34.5 Å². The van der Waals surface area contributed by atoms with Crippen molar-refractivity contribution in [3.8, 4) is 0 Å². The van der Waals surface area contributed by atoms with E-state index >= 15 is 0 Å². The molecule has 7 nitrogen and oxygen atoms in total. The van der Waals surface area contributed by atoms with Gasteiger partial charge in [0.2, 0.25) is 0 Å². The van der Waals surface area contributed by atoms with Crippen molar-refractivity contribution >= 4 is 23.3 Å². The van der Waals surface area contributed by atoms with E-state index < -0.39 is 0 Å². The number of nitrogens with one attached hydrogen (secondary N) is 1. The van der Waals surface area contributed by atoms with Gasteiger partial charge in [-0.3, -0.25) is 4.79 Å². The van der Waals surface area contributed by atoms with Gasteiger partial charge in [-0.2, -0.15) is 0 Å². The number of ether oxygens (including phenoxy) is 1. The normalized spacial score (nSPS) is 14.7. The van der Waals surface area contributed by atoms with Gasteiger partial charge in [0.1, 0.15) is 10.7 Å². The first-order chi connectivity index (χ1) is 11.3. The summed E-state index contributed by atoms with van der Waals surface area (Å²) in [6.07, 6.45) is 2.51. The number of rotatable bonds is 5. The molecule has 1 fully saturated rings. The molecule has 0 spiro atoms. The maximum Gasteiger partial charge on any atom is 0.265 e. The molecule has 0 atom stereocenters. The first kappa shape index (κ1) is 15.8. The van der Waals surface area contributed by atoms with Gasteiger partial charge in [-0.05, 0) is 29.6 Å². The lowest BCUT2D eigenvalue weighted by Gasteiger charge is -2.27. The number of carbonyl (C=O) groups is 1. The van der Waals surface area contributed by atoms with Gasteiger partial charge in [0, 0.05) is 25.8 Å². The smallest absolute Gasteiger partial charge is 0.265 e. The minimum absolute atomic E-state index is 0.130. The van der Waals surface area contributed by atoms with Crippen molar-refractivity contribution < 1.29 is 9.53 Å². The largest absolute Gasteiger partial charge is 0.378 e. The van der Waals surface area contributed by atoms with E-state index in [-0.39, 0.29) is 5.91 Å². The zero-order chi connectivity index (χ0) is 16.1. The molecule has 3 heterocycles. The summed E-state index contributed by atoms with van der Waals surface area (Å²) in [5.74, 6) is 0.817. The summed E-state index contributed by atoms with van der Waals surface area (Å²) in [7, 11) is 0. The second-order valence-electron chi connectivity index (χ2n) is 5.21. The summed E-state index contributed by atoms with van der Waals surface area (Å²) in [6, 6.07) is 3.97. The van der Waals surface area contributed by atoms with Gasteiger partial charge < -0.3 is 15.0 Å². The third-order valence-electron chi connectivity index (χ3n) is 3.69. The van der Waals surface area contributed by atoms with Crippen LogP contribution in [0.15, 0.2) is 18.3 Å². The van der Waals surface area contributed by atoms with E-state index in [2.05, 4.69) is 24.8 Å². The molecule has 0 saturated carbocycles. The van der Waals surface area contributed by atoms with Gasteiger partial charge >= 0.3 is 0 Å². The van der Waals surface area contributed by atoms with Crippen molar-refractivity contribution in [2.45, 2.75) is 19.9 Å². The Hall–Kier alpha value is -2.06. The van der Waals surface area contributed by atoms with E-state index in [1.807, 2.05) is 19.1 Å². The van der Waals surface area contributed by atoms with Crippen LogP contribution in [0.5, 0.6) is 0 Å². The summed E-state index contributed by atoms with van der Waals surface area (Å²) in [5, 5.41) is 6.85. The number of pyridine rings is 1. The first-order valence-corrected chi connectivity index (χ1v) is 8.42. The number of nitrogens with zero attached hydrogens (tertiary/aromatic N) is 4. The first-order valence-electron chi connectivity index (χ1n) is 7.65. The summed E-state index contributed by atoms with van der Waals surface area (Å²) < 4.78 is 9.17. The summed E-state index contributed by atoms with van der Waals surface area (Å²) in [4.78, 5) is 19.4. The third kappa shape index (κ3) is 3.83. The van der Waals surface area contributed by atoms with Crippen LogP contribution in [0.4, 0.5) is 5.82 Å². The fourth-order valence-corrected chi connectivity index (χ4v) is 3.04. The molecule has 8 heteroatoms. The zero-order valence-electron chi connectivity index (χ0n) is 13.0. The second kappa shape index (κ2) is 7.47. The summed E-state index contributed by atoms with van der Waals surface area (Å²) in [5.41, 5.74) is 1.71. The van der Waals surface area contributed by atoms with Crippen molar-refractivity contribution in [1.29, 1.82) is 0 Å². The lowest BCUT2D eigenvalue weighted by atomic mass is 10.2. The standard InChI is InChI=1S/C15H19N5O2S/c1-2-12-14(23-19-18-12)15(21)17-10-11-3-4-13(16-9-11)20-5-7-22-8-6-20/h3-4,9H,2,5-8,10H2,1H3,(H,17,21). The van der Waals surface area contributed by atoms with E-state index in [0.29, 0.717) is 17.8 Å². The maximum atomic E-state index is 12.1. The molecule has 0 aliphatic carbocycles. The van der Waals surface area contributed by atoms with E-state index in [4.69, 9.17) is 4.74 Å².